The Kier molecular flexibility index (Phi) is 31.5. The Labute approximate surface area is 758 Å². The van der Waals surface area contributed by atoms with E-state index in [1.165, 1.54) is 35.3 Å². The summed E-state index contributed by atoms with van der Waals surface area (Å²) in [6, 6.07) is 29.1. The fraction of sp³-hybridized carbons (Fsp3) is 0.788. The smallest absolute Gasteiger partial charge is 0.414 e. The van der Waals surface area contributed by atoms with E-state index in [0.717, 1.165) is 14.7 Å². The van der Waals surface area contributed by atoms with Gasteiger partial charge in [-0.1, -0.05) is 187 Å². The largest absolute Gasteiger partial charge is 0.475 e. The fourth-order valence-corrected chi connectivity index (χ4v) is 27.4. The standard InChI is InChI=1S/C39H64O16P2SSi.C26H43O8PSSi.C20H29O8PS/c1-35(2,3)59(12,13)46-19-25-26-27(51-38(8,9)50-26)30(54-56(40)42-20-36(4,5)21-43-56)33(47-25)48-32-29-28(52-39(10,11)53-29)31(34(49-32)58-24-17-15-14-16-18-24)55-57(41)44-22-37(6,7)23-45-57;1-24(2,3)37(8,9)30-15-19-20-21(33-26(6,7)32-20)22(23(31-19)36-18-13-11-10-12-14-18)34-35(27)28-16-25(4,5)17-29-35;1-19(2)11-23-29(22,24-12-19)28-17-16-15(26-20(3,4)27-16)14(10-21)25-18(17)30-13-8-6-5-7-9-13/h14-18,25-34H,19-23H2,1-13H3;10-14,19-23H,15-17H2,1-9H3;5-9,14-18,21H,10-12H2,1-4H3. The van der Waals surface area contributed by atoms with Gasteiger partial charge in [0.05, 0.1) is 72.7 Å². The van der Waals surface area contributed by atoms with E-state index >= 15 is 0 Å². The van der Waals surface area contributed by atoms with Gasteiger partial charge in [-0.05, 0) is 128 Å². The van der Waals surface area contributed by atoms with Crippen molar-refractivity contribution in [2.24, 2.45) is 21.7 Å². The Morgan fingerprint density at radius 1 is 0.341 bits per heavy atom. The fourth-order valence-electron chi connectivity index (χ4n) is 14.8. The van der Waals surface area contributed by atoms with Crippen LogP contribution >= 0.6 is 66.6 Å². The third-order valence-corrected chi connectivity index (χ3v) is 41.8. The number of aliphatic hydroxyl groups excluding tert-OH is 1. The van der Waals surface area contributed by atoms with Gasteiger partial charge in [0.2, 0.25) is 0 Å². The van der Waals surface area contributed by atoms with Crippen molar-refractivity contribution in [3.8, 4) is 0 Å². The number of phosphoric ester groups is 4. The van der Waals surface area contributed by atoms with E-state index in [2.05, 4.69) is 67.7 Å². The molecule has 0 aliphatic carbocycles. The van der Waals surface area contributed by atoms with Crippen LogP contribution in [0.5, 0.6) is 0 Å². The number of rotatable bonds is 23. The molecule has 0 spiro atoms. The number of aliphatic hydroxyl groups is 1. The molecule has 12 heterocycles. The monoisotopic (exact) mass is 1940 g/mol. The van der Waals surface area contributed by atoms with Crippen molar-refractivity contribution < 1.29 is 148 Å². The summed E-state index contributed by atoms with van der Waals surface area (Å²) in [7, 11) is -20.2. The van der Waals surface area contributed by atoms with Gasteiger partial charge < -0.3 is 75.5 Å². The number of hydrogen-bond donors (Lipinski definition) is 1. The van der Waals surface area contributed by atoms with Crippen LogP contribution < -0.4 is 0 Å². The van der Waals surface area contributed by atoms with Gasteiger partial charge >= 0.3 is 31.3 Å². The van der Waals surface area contributed by atoms with Crippen molar-refractivity contribution in [2.45, 2.75) is 347 Å². The van der Waals surface area contributed by atoms with Crippen LogP contribution in [0.2, 0.25) is 36.3 Å². The molecule has 15 rings (SSSR count). The first-order chi connectivity index (χ1) is 58.3. The van der Waals surface area contributed by atoms with Crippen LogP contribution in [-0.4, -0.2) is 238 Å². The zero-order chi connectivity index (χ0) is 91.9. The minimum atomic E-state index is -4.18. The molecule has 20 atom stereocenters. The maximum Gasteiger partial charge on any atom is 0.475 e. The quantitative estimate of drug-likeness (QED) is 0.0680. The van der Waals surface area contributed by atoms with Crippen molar-refractivity contribution in [3.63, 3.8) is 0 Å². The molecule has 0 saturated carbocycles. The second-order valence-electron chi connectivity index (χ2n) is 41.9. The summed E-state index contributed by atoms with van der Waals surface area (Å²) < 4.78 is 223. The predicted octanol–water partition coefficient (Wildman–Crippen LogP) is 18.6. The summed E-state index contributed by atoms with van der Waals surface area (Å²) >= 11 is 4.21. The molecule has 3 aromatic carbocycles. The van der Waals surface area contributed by atoms with Gasteiger partial charge in [-0.15, -0.1) is 0 Å². The first-order valence-corrected chi connectivity index (χ1v) is 57.6. The van der Waals surface area contributed by atoms with Gasteiger partial charge in [0.15, 0.2) is 52.4 Å². The maximum atomic E-state index is 14.2. The molecule has 0 amide bonds. The predicted molar refractivity (Wildman–Crippen MR) is 474 cm³/mol. The van der Waals surface area contributed by atoms with Crippen molar-refractivity contribution in [2.75, 3.05) is 72.7 Å². The highest BCUT2D eigenvalue weighted by Gasteiger charge is 2.66. The van der Waals surface area contributed by atoms with E-state index in [1.807, 2.05) is 160 Å². The molecule has 12 fully saturated rings. The summed E-state index contributed by atoms with van der Waals surface area (Å²) in [6.45, 7) is 53.9. The molecule has 126 heavy (non-hydrogen) atoms. The normalized spacial score (nSPS) is 36.5. The van der Waals surface area contributed by atoms with Gasteiger partial charge in [-0.3, -0.25) is 54.3 Å². The van der Waals surface area contributed by atoms with E-state index in [4.69, 9.17) is 125 Å². The number of fused-ring (bicyclic) bond motifs is 4. The number of hydrogen-bond acceptors (Lipinski definition) is 35. The Morgan fingerprint density at radius 3 is 0.889 bits per heavy atom. The third kappa shape index (κ3) is 25.7. The molecule has 12 aliphatic rings. The van der Waals surface area contributed by atoms with Crippen LogP contribution in [0.1, 0.15) is 152 Å². The van der Waals surface area contributed by atoms with Gasteiger partial charge in [0.25, 0.3) is 0 Å². The second-order valence-corrected chi connectivity index (χ2v) is 61.5. The topological polar surface area (TPSA) is 338 Å². The van der Waals surface area contributed by atoms with Crippen LogP contribution in [0.25, 0.3) is 0 Å². The van der Waals surface area contributed by atoms with E-state index < -0.39 is 197 Å². The van der Waals surface area contributed by atoms with Crippen molar-refractivity contribution >= 4 is 83.2 Å². The number of benzene rings is 3. The molecule has 0 radical (unpaired) electrons. The third-order valence-electron chi connectivity index (χ3n) is 23.8. The van der Waals surface area contributed by atoms with Crippen LogP contribution in [0.4, 0.5) is 0 Å². The second kappa shape index (κ2) is 38.7. The summed E-state index contributed by atoms with van der Waals surface area (Å²) in [4.78, 5) is 2.76. The van der Waals surface area contributed by atoms with E-state index in [-0.39, 0.29) is 92.4 Å². The first kappa shape index (κ1) is 102. The zero-order valence-corrected chi connectivity index (χ0v) is 85.6. The molecule has 3 aromatic rings. The highest BCUT2D eigenvalue weighted by molar-refractivity contribution is 8.00. The highest BCUT2D eigenvalue weighted by Crippen LogP contribution is 2.64. The van der Waals surface area contributed by atoms with Crippen molar-refractivity contribution in [1.29, 1.82) is 0 Å². The highest BCUT2D eigenvalue weighted by atomic mass is 32.2. The van der Waals surface area contributed by atoms with Gasteiger partial charge in [0, 0.05) is 36.3 Å². The maximum absolute atomic E-state index is 14.2. The lowest BCUT2D eigenvalue weighted by molar-refractivity contribution is -0.351. The molecule has 12 saturated heterocycles. The van der Waals surface area contributed by atoms with Crippen molar-refractivity contribution in [1.82, 2.24) is 0 Å². The summed E-state index contributed by atoms with van der Waals surface area (Å²) in [5.74, 6) is -4.00. The number of thioether (sulfide) groups is 3. The summed E-state index contributed by atoms with van der Waals surface area (Å²) in [6.07, 6.45) is -13.7. The lowest BCUT2D eigenvalue weighted by atomic mass is 9.97. The number of ether oxygens (including phenoxy) is 13. The van der Waals surface area contributed by atoms with E-state index in [0.29, 0.717) is 6.61 Å². The molecule has 0 aromatic heterocycles. The Bertz CT molecular complexity index is 4280. The van der Waals surface area contributed by atoms with Gasteiger partial charge in [-0.25, -0.2) is 18.3 Å². The molecule has 12 aliphatic heterocycles. The molecule has 1 N–H and O–H groups in total. The summed E-state index contributed by atoms with van der Waals surface area (Å²) in [5, 5.41) is 9.86. The van der Waals surface area contributed by atoms with Crippen molar-refractivity contribution in [3.05, 3.63) is 91.0 Å². The Morgan fingerprint density at radius 2 is 0.587 bits per heavy atom. The van der Waals surface area contributed by atoms with Crippen LogP contribution in [-0.2, 0) is 143 Å². The molecule has 714 valence electrons. The first-order valence-electron chi connectivity index (χ1n) is 43.3. The molecule has 0 bridgehead atoms. The van der Waals surface area contributed by atoms with E-state index in [9.17, 15) is 23.4 Å². The zero-order valence-electron chi connectivity index (χ0n) is 77.6. The molecule has 41 heteroatoms. The molecule has 32 nitrogen and oxygen atoms in total. The Hall–Kier alpha value is -1.06. The van der Waals surface area contributed by atoms with Gasteiger partial charge in [-0.2, -0.15) is 0 Å². The summed E-state index contributed by atoms with van der Waals surface area (Å²) in [5.41, 5.74) is -3.33. The number of phosphoric acid groups is 4. The van der Waals surface area contributed by atoms with Crippen LogP contribution in [0.3, 0.4) is 0 Å². The van der Waals surface area contributed by atoms with E-state index in [1.54, 1.807) is 41.5 Å². The average molecular weight is 1950 g/mol. The lowest BCUT2D eigenvalue weighted by Crippen LogP contribution is -2.63. The average Bonchev–Trinajstić information content (AvgIpc) is 1.58. The minimum absolute atomic E-state index is 0.0556. The molecular formula is C85H136O32P4S3Si2. The molecule has 20 unspecified atom stereocenters. The lowest BCUT2D eigenvalue weighted by Gasteiger charge is -2.47. The Balaban J connectivity index is 0.000000174. The minimum Gasteiger partial charge on any atom is -0.414 e. The van der Waals surface area contributed by atoms with Gasteiger partial charge in [0.1, 0.15) is 108 Å². The van der Waals surface area contributed by atoms with Crippen LogP contribution in [0.15, 0.2) is 106 Å². The SMILES string of the molecule is CC1(C)COP(=O)(OC2C(OC3OC(Sc4ccccc4)C(OP4(=O)OCC(C)(C)CO4)C4OC(C)(C)OC34)OC(CO[Si](C)(C)C(C)(C)C)C3OC(C)(C)OC32)OC1.CC1(C)COP(=O)(OC2C(Sc3ccccc3)OC(CO)C3OC(C)(C)OC32)OC1.CC1(C)COP(=O)(OC2C(Sc3ccccc3)OC(CO[Si](C)(C)C(C)(C)C)C3OC(C)(C)OC32)OC1. The van der Waals surface area contributed by atoms with Crippen LogP contribution in [0, 0.1) is 21.7 Å². The molecular weight excluding hydrogens is 1810 g/mol.